The first-order valence-electron chi connectivity index (χ1n) is 20.3. The Hall–Kier alpha value is -4.03. The summed E-state index contributed by atoms with van der Waals surface area (Å²) in [7, 11) is 0. The fraction of sp³-hybridized carbons (Fsp3) is 0.578. The molecule has 5 heterocycles. The zero-order chi connectivity index (χ0) is 39.9. The van der Waals surface area contributed by atoms with Gasteiger partial charge in [0.15, 0.2) is 11.9 Å². The SMILES string of the molecule is CC[C@H](C)[C@H]1O[C@]2(CC[C@@H]1C)C[C@@H]1C[C@@H](C/C=C(\C)[C@@H](OC(C)=O)[C@@H](C)/C=C/C=C3\CO[C@@H]4[C@H](OC(=O)c5cc6ccccc6[nH]5)C(C)=C[C@@H](C(=O)O1)[C@]34O)O2. The summed E-state index contributed by atoms with van der Waals surface area (Å²) in [5.41, 5.74) is 1.03. The van der Waals surface area contributed by atoms with Gasteiger partial charge in [-0.15, -0.1) is 0 Å². The number of benzene rings is 1. The number of H-pyrrole nitrogens is 1. The van der Waals surface area contributed by atoms with Gasteiger partial charge < -0.3 is 38.5 Å². The van der Waals surface area contributed by atoms with Crippen molar-refractivity contribution in [2.24, 2.45) is 23.7 Å². The first-order valence-corrected chi connectivity index (χ1v) is 20.3. The van der Waals surface area contributed by atoms with E-state index in [4.69, 9.17) is 28.4 Å². The Morgan fingerprint density at radius 1 is 1.07 bits per heavy atom. The molecule has 3 saturated heterocycles. The van der Waals surface area contributed by atoms with Crippen molar-refractivity contribution in [1.82, 2.24) is 4.98 Å². The summed E-state index contributed by atoms with van der Waals surface area (Å²) in [6.07, 6.45) is 9.38. The number of ether oxygens (including phenoxy) is 6. The third-order valence-corrected chi connectivity index (χ3v) is 12.7. The number of nitrogens with one attached hydrogen (secondary N) is 1. The van der Waals surface area contributed by atoms with Crippen LogP contribution in [0, 0.1) is 23.7 Å². The normalized spacial score (nSPS) is 39.2. The van der Waals surface area contributed by atoms with Crippen molar-refractivity contribution in [2.75, 3.05) is 6.61 Å². The first kappa shape index (κ1) is 40.2. The summed E-state index contributed by atoms with van der Waals surface area (Å²) < 4.78 is 38.4. The van der Waals surface area contributed by atoms with Crippen molar-refractivity contribution in [2.45, 2.75) is 135 Å². The van der Waals surface area contributed by atoms with Gasteiger partial charge in [-0.3, -0.25) is 9.59 Å². The lowest BCUT2D eigenvalue weighted by Crippen LogP contribution is -2.59. The maximum absolute atomic E-state index is 14.6. The molecular formula is C45H57NO10. The molecule has 7 rings (SSSR count). The molecule has 56 heavy (non-hydrogen) atoms. The summed E-state index contributed by atoms with van der Waals surface area (Å²) in [4.78, 5) is 43.6. The van der Waals surface area contributed by atoms with Gasteiger partial charge in [0, 0.05) is 43.0 Å². The highest BCUT2D eigenvalue weighted by Crippen LogP contribution is 2.48. The van der Waals surface area contributed by atoms with Crippen molar-refractivity contribution in [3.63, 3.8) is 0 Å². The van der Waals surface area contributed by atoms with Crippen molar-refractivity contribution < 1.29 is 47.9 Å². The van der Waals surface area contributed by atoms with E-state index in [0.29, 0.717) is 48.7 Å². The van der Waals surface area contributed by atoms with Gasteiger partial charge in [0.2, 0.25) is 0 Å². The van der Waals surface area contributed by atoms with Gasteiger partial charge in [-0.25, -0.2) is 4.79 Å². The number of hydrogen-bond acceptors (Lipinski definition) is 10. The van der Waals surface area contributed by atoms with E-state index in [-0.39, 0.29) is 30.4 Å². The number of carbonyl (C=O) groups is 3. The van der Waals surface area contributed by atoms with Gasteiger partial charge in [0.1, 0.15) is 35.5 Å². The van der Waals surface area contributed by atoms with Gasteiger partial charge in [0.25, 0.3) is 0 Å². The van der Waals surface area contributed by atoms with Gasteiger partial charge in [-0.1, -0.05) is 82.7 Å². The van der Waals surface area contributed by atoms with Crippen molar-refractivity contribution >= 4 is 28.8 Å². The summed E-state index contributed by atoms with van der Waals surface area (Å²) in [5.74, 6) is -3.28. The van der Waals surface area contributed by atoms with Gasteiger partial charge in [-0.2, -0.15) is 0 Å². The summed E-state index contributed by atoms with van der Waals surface area (Å²) in [5, 5.41) is 13.7. The monoisotopic (exact) mass is 771 g/mol. The highest BCUT2D eigenvalue weighted by Gasteiger charge is 2.61. The average molecular weight is 772 g/mol. The van der Waals surface area contributed by atoms with Crippen LogP contribution in [-0.2, 0) is 38.0 Å². The van der Waals surface area contributed by atoms with Gasteiger partial charge in [0.05, 0.1) is 18.8 Å². The van der Waals surface area contributed by atoms with Crippen molar-refractivity contribution in [3.05, 3.63) is 83.1 Å². The third-order valence-electron chi connectivity index (χ3n) is 12.7. The fourth-order valence-electron chi connectivity index (χ4n) is 9.42. The quantitative estimate of drug-likeness (QED) is 0.179. The highest BCUT2D eigenvalue weighted by molar-refractivity contribution is 5.95. The number of para-hydroxylation sites is 1. The minimum atomic E-state index is -1.90. The maximum atomic E-state index is 14.6. The van der Waals surface area contributed by atoms with Crippen LogP contribution in [0.15, 0.2) is 77.4 Å². The summed E-state index contributed by atoms with van der Waals surface area (Å²) >= 11 is 0. The number of esters is 3. The number of hydrogen-bond donors (Lipinski definition) is 2. The highest BCUT2D eigenvalue weighted by atomic mass is 16.7. The molecule has 5 aliphatic rings. The molecule has 11 nitrogen and oxygen atoms in total. The molecule has 0 unspecified atom stereocenters. The van der Waals surface area contributed by atoms with E-state index in [1.807, 2.05) is 44.2 Å². The molecule has 1 spiro atoms. The second kappa shape index (κ2) is 16.1. The molecule has 4 aliphatic heterocycles. The van der Waals surface area contributed by atoms with E-state index in [9.17, 15) is 19.5 Å². The third kappa shape index (κ3) is 7.80. The van der Waals surface area contributed by atoms with E-state index in [1.165, 1.54) is 6.92 Å². The molecule has 1 aromatic heterocycles. The van der Waals surface area contributed by atoms with Crippen LogP contribution in [-0.4, -0.2) is 82.6 Å². The van der Waals surface area contributed by atoms with E-state index in [1.54, 1.807) is 31.2 Å². The van der Waals surface area contributed by atoms with Crippen LogP contribution in [0.3, 0.4) is 0 Å². The van der Waals surface area contributed by atoms with Gasteiger partial charge >= 0.3 is 17.9 Å². The van der Waals surface area contributed by atoms with Gasteiger partial charge in [-0.05, 0) is 67.4 Å². The molecule has 0 saturated carbocycles. The summed E-state index contributed by atoms with van der Waals surface area (Å²) in [6.45, 7) is 13.7. The Labute approximate surface area is 329 Å². The molecule has 0 radical (unpaired) electrons. The second-order valence-electron chi connectivity index (χ2n) is 16.8. The zero-order valence-corrected chi connectivity index (χ0v) is 33.6. The molecule has 2 bridgehead atoms. The lowest BCUT2D eigenvalue weighted by atomic mass is 9.70. The number of carbonyl (C=O) groups excluding carboxylic acids is 3. The van der Waals surface area contributed by atoms with Crippen molar-refractivity contribution in [3.8, 4) is 0 Å². The molecule has 1 aliphatic carbocycles. The Morgan fingerprint density at radius 2 is 1.86 bits per heavy atom. The molecule has 12 atom stereocenters. The molecule has 1 aromatic carbocycles. The van der Waals surface area contributed by atoms with Crippen LogP contribution in [0.2, 0.25) is 0 Å². The number of fused-ring (bicyclic) bond motifs is 3. The number of rotatable bonds is 5. The molecule has 2 N–H and O–H groups in total. The smallest absolute Gasteiger partial charge is 0.355 e. The van der Waals surface area contributed by atoms with Crippen LogP contribution in [0.25, 0.3) is 10.9 Å². The topological polar surface area (TPSA) is 143 Å². The van der Waals surface area contributed by atoms with E-state index in [0.717, 1.165) is 29.3 Å². The first-order chi connectivity index (χ1) is 26.7. The van der Waals surface area contributed by atoms with E-state index >= 15 is 0 Å². The second-order valence-corrected chi connectivity index (χ2v) is 16.8. The molecule has 11 heteroatoms. The van der Waals surface area contributed by atoms with Crippen LogP contribution in [0.4, 0.5) is 0 Å². The predicted octanol–water partition coefficient (Wildman–Crippen LogP) is 7.45. The molecule has 2 aromatic rings. The lowest BCUT2D eigenvalue weighted by Gasteiger charge is -2.51. The number of aromatic nitrogens is 1. The van der Waals surface area contributed by atoms with Crippen LogP contribution in [0.5, 0.6) is 0 Å². The standard InChI is InChI=1S/C45H57NO10/c1-8-25(2)39-28(5)18-19-44(56-39)23-34-22-33(55-44)17-16-27(4)38(52-30(7)47)26(3)12-11-14-32-24-51-41-40(29(6)20-35(42(48)53-34)45(32,41)50)54-43(49)37-21-31-13-9-10-15-36(31)46-37/h9-16,20-21,25-26,28,33-35,38-41,46,50H,8,17-19,22-24H2,1-7H3/b12-11+,27-16+,32-14+/t25-,26-,28-,33+,34-,35-,38-,39+,40+,41+,44+,45+/m0/s1. The van der Waals surface area contributed by atoms with Crippen LogP contribution < -0.4 is 0 Å². The predicted molar refractivity (Wildman–Crippen MR) is 209 cm³/mol. The molecule has 0 amide bonds. The maximum Gasteiger partial charge on any atom is 0.355 e. The Bertz CT molecular complexity index is 1910. The molecule has 3 fully saturated rings. The zero-order valence-electron chi connectivity index (χ0n) is 33.6. The minimum Gasteiger partial charge on any atom is -0.462 e. The van der Waals surface area contributed by atoms with Crippen LogP contribution >= 0.6 is 0 Å². The number of allylic oxidation sites excluding steroid dienone is 2. The lowest BCUT2D eigenvalue weighted by molar-refractivity contribution is -0.340. The largest absolute Gasteiger partial charge is 0.462 e. The minimum absolute atomic E-state index is 0.0109. The van der Waals surface area contributed by atoms with E-state index < -0.39 is 59.6 Å². The summed E-state index contributed by atoms with van der Waals surface area (Å²) in [6, 6.07) is 9.27. The van der Waals surface area contributed by atoms with E-state index in [2.05, 4.69) is 31.8 Å². The number of aliphatic hydroxyl groups is 1. The van der Waals surface area contributed by atoms with Crippen molar-refractivity contribution in [1.29, 1.82) is 0 Å². The average Bonchev–Trinajstić information content (AvgIpc) is 3.75. The fourth-order valence-corrected chi connectivity index (χ4v) is 9.42. The molecule has 302 valence electrons. The van der Waals surface area contributed by atoms with Crippen LogP contribution in [0.1, 0.15) is 97.5 Å². The Balaban J connectivity index is 1.26. The Morgan fingerprint density at radius 3 is 2.61 bits per heavy atom. The number of aromatic amines is 1. The Kier molecular flexibility index (Phi) is 11.5. The molecular weight excluding hydrogens is 714 g/mol.